The Morgan fingerprint density at radius 1 is 1.03 bits per heavy atom. The maximum absolute atomic E-state index is 11.8. The van der Waals surface area contributed by atoms with Crippen molar-refractivity contribution < 1.29 is 14.3 Å². The molecular weight excluding hydrogens is 519 g/mol. The Morgan fingerprint density at radius 2 is 1.84 bits per heavy atom. The molecule has 0 aliphatic carbocycles. The van der Waals surface area contributed by atoms with Crippen molar-refractivity contribution in [1.82, 2.24) is 16.0 Å². The predicted molar refractivity (Wildman–Crippen MR) is 141 cm³/mol. The van der Waals surface area contributed by atoms with Gasteiger partial charge in [-0.05, 0) is 55.2 Å². The molecule has 0 saturated heterocycles. The summed E-state index contributed by atoms with van der Waals surface area (Å²) in [4.78, 5) is 16.5. The van der Waals surface area contributed by atoms with Gasteiger partial charge in [0.1, 0.15) is 0 Å². The number of aliphatic imine (C=N–C) groups is 1. The lowest BCUT2D eigenvalue weighted by molar-refractivity contribution is 0.0963. The number of amides is 1. The van der Waals surface area contributed by atoms with Crippen molar-refractivity contribution in [2.45, 2.75) is 33.2 Å². The second-order valence-electron chi connectivity index (χ2n) is 6.99. The molecule has 0 bridgehead atoms. The molecule has 2 rings (SSSR count). The van der Waals surface area contributed by atoms with Gasteiger partial charge in [-0.25, -0.2) is 4.99 Å². The minimum atomic E-state index is -0.0775. The fraction of sp³-hybridized carbons (Fsp3) is 0.417. The molecular formula is C24H35IN4O3. The van der Waals surface area contributed by atoms with E-state index >= 15 is 0 Å². The third kappa shape index (κ3) is 8.94. The highest BCUT2D eigenvalue weighted by Gasteiger charge is 2.07. The van der Waals surface area contributed by atoms with Crippen LogP contribution in [-0.4, -0.2) is 45.7 Å². The molecule has 0 aliphatic rings. The van der Waals surface area contributed by atoms with E-state index in [0.717, 1.165) is 48.0 Å². The largest absolute Gasteiger partial charge is 0.493 e. The second kappa shape index (κ2) is 15.3. The highest BCUT2D eigenvalue weighted by Crippen LogP contribution is 2.28. The average molecular weight is 554 g/mol. The molecule has 0 unspecified atom stereocenters. The van der Waals surface area contributed by atoms with Gasteiger partial charge in [-0.2, -0.15) is 0 Å². The van der Waals surface area contributed by atoms with E-state index < -0.39 is 0 Å². The number of methoxy groups -OCH3 is 1. The van der Waals surface area contributed by atoms with Crippen molar-refractivity contribution in [1.29, 1.82) is 0 Å². The highest BCUT2D eigenvalue weighted by atomic mass is 127. The number of hydrogen-bond donors (Lipinski definition) is 3. The Hall–Kier alpha value is -2.49. The molecule has 0 aromatic heterocycles. The first kappa shape index (κ1) is 27.5. The van der Waals surface area contributed by atoms with Gasteiger partial charge in [0.2, 0.25) is 0 Å². The van der Waals surface area contributed by atoms with Gasteiger partial charge in [0.25, 0.3) is 5.91 Å². The number of halogens is 1. The summed E-state index contributed by atoms with van der Waals surface area (Å²) in [6.07, 6.45) is 1.73. The summed E-state index contributed by atoms with van der Waals surface area (Å²) in [7, 11) is 3.28. The van der Waals surface area contributed by atoms with Gasteiger partial charge in [-0.3, -0.25) is 4.79 Å². The van der Waals surface area contributed by atoms with Crippen LogP contribution in [0.3, 0.4) is 0 Å². The van der Waals surface area contributed by atoms with E-state index in [4.69, 9.17) is 9.47 Å². The zero-order valence-corrected chi connectivity index (χ0v) is 21.7. The van der Waals surface area contributed by atoms with E-state index in [1.54, 1.807) is 14.2 Å². The normalized spacial score (nSPS) is 10.7. The number of guanidine groups is 1. The highest BCUT2D eigenvalue weighted by molar-refractivity contribution is 14.0. The van der Waals surface area contributed by atoms with Crippen LogP contribution in [0.1, 0.15) is 41.8 Å². The molecule has 0 spiro atoms. The van der Waals surface area contributed by atoms with E-state index in [9.17, 15) is 4.79 Å². The van der Waals surface area contributed by atoms with E-state index in [2.05, 4.69) is 27.9 Å². The van der Waals surface area contributed by atoms with Crippen molar-refractivity contribution in [3.05, 3.63) is 59.2 Å². The molecule has 0 fully saturated rings. The first-order valence-corrected chi connectivity index (χ1v) is 10.7. The van der Waals surface area contributed by atoms with Crippen LogP contribution >= 0.6 is 24.0 Å². The molecule has 0 saturated carbocycles. The number of rotatable bonds is 11. The Balaban J connectivity index is 0.00000512. The smallest absolute Gasteiger partial charge is 0.251 e. The van der Waals surface area contributed by atoms with Crippen LogP contribution in [0.25, 0.3) is 0 Å². The minimum absolute atomic E-state index is 0. The average Bonchev–Trinajstić information content (AvgIpc) is 2.81. The second-order valence-corrected chi connectivity index (χ2v) is 6.99. The molecule has 0 radical (unpaired) electrons. The molecule has 1 amide bonds. The van der Waals surface area contributed by atoms with Gasteiger partial charge in [-0.15, -0.1) is 24.0 Å². The first-order valence-electron chi connectivity index (χ1n) is 10.7. The van der Waals surface area contributed by atoms with Crippen LogP contribution in [0.4, 0.5) is 0 Å². The number of carbonyl (C=O) groups is 1. The minimum Gasteiger partial charge on any atom is -0.493 e. The van der Waals surface area contributed by atoms with Gasteiger partial charge >= 0.3 is 0 Å². The molecule has 8 heteroatoms. The zero-order chi connectivity index (χ0) is 22.5. The molecule has 2 aromatic carbocycles. The van der Waals surface area contributed by atoms with Crippen molar-refractivity contribution in [2.75, 3.05) is 33.9 Å². The summed E-state index contributed by atoms with van der Waals surface area (Å²) in [5.41, 5.74) is 2.80. The van der Waals surface area contributed by atoms with Crippen LogP contribution in [0, 0.1) is 0 Å². The lowest BCUT2D eigenvalue weighted by Crippen LogP contribution is -2.38. The third-order valence-electron chi connectivity index (χ3n) is 4.58. The number of benzene rings is 2. The summed E-state index contributed by atoms with van der Waals surface area (Å²) in [6.45, 7) is 6.76. The molecule has 32 heavy (non-hydrogen) atoms. The summed E-state index contributed by atoms with van der Waals surface area (Å²) in [5.74, 6) is 2.14. The van der Waals surface area contributed by atoms with E-state index in [0.29, 0.717) is 25.3 Å². The predicted octanol–water partition coefficient (Wildman–Crippen LogP) is 3.76. The molecule has 0 aliphatic heterocycles. The molecule has 176 valence electrons. The molecule has 7 nitrogen and oxygen atoms in total. The maximum Gasteiger partial charge on any atom is 0.251 e. The van der Waals surface area contributed by atoms with Gasteiger partial charge in [0, 0.05) is 25.7 Å². The van der Waals surface area contributed by atoms with Crippen molar-refractivity contribution in [3.63, 3.8) is 0 Å². The number of nitrogens with zero attached hydrogens (tertiary/aromatic N) is 1. The quantitative estimate of drug-likeness (QED) is 0.224. The van der Waals surface area contributed by atoms with E-state index in [1.807, 2.05) is 49.4 Å². The zero-order valence-electron chi connectivity index (χ0n) is 19.4. The van der Waals surface area contributed by atoms with Crippen molar-refractivity contribution in [3.8, 4) is 11.5 Å². The number of hydrogen-bond acceptors (Lipinski definition) is 4. The first-order chi connectivity index (χ1) is 15.1. The Kier molecular flexibility index (Phi) is 13.2. The summed E-state index contributed by atoms with van der Waals surface area (Å²) >= 11 is 0. The Morgan fingerprint density at radius 3 is 2.53 bits per heavy atom. The van der Waals surface area contributed by atoms with Crippen molar-refractivity contribution >= 4 is 35.8 Å². The lowest BCUT2D eigenvalue weighted by Gasteiger charge is -2.13. The Bertz CT molecular complexity index is 874. The van der Waals surface area contributed by atoms with Gasteiger partial charge in [0.15, 0.2) is 17.5 Å². The molecule has 3 N–H and O–H groups in total. The topological polar surface area (TPSA) is 84.0 Å². The summed E-state index contributed by atoms with van der Waals surface area (Å²) < 4.78 is 11.2. The number of nitrogens with one attached hydrogen (secondary N) is 3. The fourth-order valence-corrected chi connectivity index (χ4v) is 2.99. The van der Waals surface area contributed by atoms with Crippen LogP contribution in [0.2, 0.25) is 0 Å². The maximum atomic E-state index is 11.8. The van der Waals surface area contributed by atoms with Gasteiger partial charge in [0.05, 0.1) is 20.3 Å². The monoisotopic (exact) mass is 554 g/mol. The van der Waals surface area contributed by atoms with Gasteiger partial charge < -0.3 is 25.4 Å². The lowest BCUT2D eigenvalue weighted by atomic mass is 10.1. The Labute approximate surface area is 208 Å². The van der Waals surface area contributed by atoms with Crippen LogP contribution < -0.4 is 25.4 Å². The van der Waals surface area contributed by atoms with Crippen LogP contribution in [0.5, 0.6) is 11.5 Å². The SMILES string of the molecule is CCCOc1ccc(CN=C(NCC)NCCc2cccc(C(=O)NC)c2)cc1OC.I. The van der Waals surface area contributed by atoms with Gasteiger partial charge in [-0.1, -0.05) is 25.1 Å². The molecule has 0 heterocycles. The van der Waals surface area contributed by atoms with Crippen LogP contribution in [-0.2, 0) is 13.0 Å². The summed E-state index contributed by atoms with van der Waals surface area (Å²) in [5, 5.41) is 9.27. The van der Waals surface area contributed by atoms with E-state index in [-0.39, 0.29) is 29.9 Å². The fourth-order valence-electron chi connectivity index (χ4n) is 2.99. The third-order valence-corrected chi connectivity index (χ3v) is 4.58. The summed E-state index contributed by atoms with van der Waals surface area (Å²) in [6, 6.07) is 13.5. The molecule has 2 aromatic rings. The number of carbonyl (C=O) groups excluding carboxylic acids is 1. The standard InChI is InChI=1S/C24H34N4O3.HI/c1-5-14-31-21-11-10-19(16-22(21)30-4)17-28-24(26-6-2)27-13-12-18-8-7-9-20(15-18)23(29)25-3;/h7-11,15-16H,5-6,12-14,17H2,1-4H3,(H,25,29)(H2,26,27,28);1H. The van der Waals surface area contributed by atoms with Crippen molar-refractivity contribution in [2.24, 2.45) is 4.99 Å². The molecule has 0 atom stereocenters. The van der Waals surface area contributed by atoms with Crippen LogP contribution in [0.15, 0.2) is 47.5 Å². The number of ether oxygens (including phenoxy) is 2. The van der Waals surface area contributed by atoms with E-state index in [1.165, 1.54) is 0 Å².